The molecule has 7 heteroatoms. The average Bonchev–Trinajstić information content (AvgIpc) is 2.46. The first-order valence-corrected chi connectivity index (χ1v) is 6.46. The molecule has 0 N–H and O–H groups in total. The lowest BCUT2D eigenvalue weighted by Gasteiger charge is -2.36. The number of carbonyl (C=O) groups excluding carboxylic acids is 1. The molecule has 0 radical (unpaired) electrons. The van der Waals surface area contributed by atoms with Crippen LogP contribution in [-0.2, 0) is 9.53 Å². The lowest BCUT2D eigenvalue weighted by molar-refractivity contribution is -0.385. The number of esters is 1. The van der Waals surface area contributed by atoms with Gasteiger partial charge in [0.2, 0.25) is 0 Å². The highest BCUT2D eigenvalue weighted by Crippen LogP contribution is 2.27. The molecular weight excluding hydrogens is 262 g/mol. The Morgan fingerprint density at radius 2 is 2.30 bits per heavy atom. The van der Waals surface area contributed by atoms with Crippen LogP contribution in [0.1, 0.15) is 13.3 Å². The predicted molar refractivity (Wildman–Crippen MR) is 72.4 cm³/mol. The van der Waals surface area contributed by atoms with Crippen LogP contribution < -0.4 is 4.90 Å². The first-order chi connectivity index (χ1) is 9.52. The van der Waals surface area contributed by atoms with Crippen LogP contribution in [-0.4, -0.2) is 36.1 Å². The summed E-state index contributed by atoms with van der Waals surface area (Å²) in [4.78, 5) is 27.9. The highest BCUT2D eigenvalue weighted by Gasteiger charge is 2.32. The minimum absolute atomic E-state index is 0.0220. The standard InChI is InChI=1S/C13H17N3O4/c1-9-8-15(6-5-11(9)13(17)20-2)12-4-3-10(7-14-12)16(18)19/h3-4,7,9,11H,5-6,8H2,1-2H3. The van der Waals surface area contributed by atoms with E-state index in [2.05, 4.69) is 4.98 Å². The van der Waals surface area contributed by atoms with Crippen molar-refractivity contribution in [1.29, 1.82) is 0 Å². The molecule has 2 rings (SSSR count). The maximum absolute atomic E-state index is 11.6. The van der Waals surface area contributed by atoms with Crippen molar-refractivity contribution in [2.75, 3.05) is 25.1 Å². The number of carbonyl (C=O) groups is 1. The maximum Gasteiger partial charge on any atom is 0.309 e. The van der Waals surface area contributed by atoms with Crippen LogP contribution >= 0.6 is 0 Å². The maximum atomic E-state index is 11.6. The smallest absolute Gasteiger partial charge is 0.309 e. The third kappa shape index (κ3) is 2.87. The molecule has 108 valence electrons. The monoisotopic (exact) mass is 279 g/mol. The highest BCUT2D eigenvalue weighted by atomic mass is 16.6. The van der Waals surface area contributed by atoms with E-state index in [9.17, 15) is 14.9 Å². The van der Waals surface area contributed by atoms with Crippen molar-refractivity contribution in [1.82, 2.24) is 4.98 Å². The highest BCUT2D eigenvalue weighted by molar-refractivity contribution is 5.73. The molecule has 2 heterocycles. The van der Waals surface area contributed by atoms with Gasteiger partial charge in [0.25, 0.3) is 5.69 Å². The van der Waals surface area contributed by atoms with Gasteiger partial charge in [0, 0.05) is 19.2 Å². The van der Waals surface area contributed by atoms with Gasteiger partial charge in [-0.3, -0.25) is 14.9 Å². The largest absolute Gasteiger partial charge is 0.469 e. The molecule has 0 bridgehead atoms. The van der Waals surface area contributed by atoms with Crippen LogP contribution in [0.15, 0.2) is 18.3 Å². The Morgan fingerprint density at radius 3 is 2.80 bits per heavy atom. The Kier molecular flexibility index (Phi) is 4.16. The van der Waals surface area contributed by atoms with Gasteiger partial charge < -0.3 is 9.64 Å². The zero-order chi connectivity index (χ0) is 14.7. The van der Waals surface area contributed by atoms with Crippen LogP contribution in [0, 0.1) is 22.0 Å². The summed E-state index contributed by atoms with van der Waals surface area (Å²) >= 11 is 0. The molecule has 0 amide bonds. The topological polar surface area (TPSA) is 85.6 Å². The van der Waals surface area contributed by atoms with E-state index in [0.29, 0.717) is 25.3 Å². The summed E-state index contributed by atoms with van der Waals surface area (Å²) in [7, 11) is 1.40. The van der Waals surface area contributed by atoms with Crippen molar-refractivity contribution in [3.8, 4) is 0 Å². The van der Waals surface area contributed by atoms with Crippen molar-refractivity contribution < 1.29 is 14.5 Å². The molecule has 1 aliphatic heterocycles. The molecule has 1 fully saturated rings. The quantitative estimate of drug-likeness (QED) is 0.475. The molecule has 0 aromatic carbocycles. The van der Waals surface area contributed by atoms with Crippen LogP contribution in [0.4, 0.5) is 11.5 Å². The zero-order valence-electron chi connectivity index (χ0n) is 11.5. The molecule has 7 nitrogen and oxygen atoms in total. The van der Waals surface area contributed by atoms with Gasteiger partial charge in [0.05, 0.1) is 18.0 Å². The summed E-state index contributed by atoms with van der Waals surface area (Å²) in [5.74, 6) is 0.599. The third-order valence-electron chi connectivity index (χ3n) is 3.68. The van der Waals surface area contributed by atoms with Crippen LogP contribution in [0.5, 0.6) is 0 Å². The van der Waals surface area contributed by atoms with Crippen molar-refractivity contribution in [3.63, 3.8) is 0 Å². The number of hydrogen-bond donors (Lipinski definition) is 0. The van der Waals surface area contributed by atoms with Crippen LogP contribution in [0.2, 0.25) is 0 Å². The second-order valence-corrected chi connectivity index (χ2v) is 4.97. The lowest BCUT2D eigenvalue weighted by Crippen LogP contribution is -2.42. The molecule has 1 aromatic rings. The SMILES string of the molecule is COC(=O)C1CCN(c2ccc([N+](=O)[O-])cn2)CC1C. The number of hydrogen-bond acceptors (Lipinski definition) is 6. The van der Waals surface area contributed by atoms with E-state index in [1.165, 1.54) is 19.4 Å². The molecule has 0 saturated carbocycles. The van der Waals surface area contributed by atoms with Gasteiger partial charge in [-0.25, -0.2) is 4.98 Å². The molecule has 0 aliphatic carbocycles. The first kappa shape index (κ1) is 14.2. The van der Waals surface area contributed by atoms with E-state index in [1.807, 2.05) is 11.8 Å². The summed E-state index contributed by atoms with van der Waals surface area (Å²) in [5, 5.41) is 10.6. The van der Waals surface area contributed by atoms with Gasteiger partial charge in [-0.2, -0.15) is 0 Å². The number of methoxy groups -OCH3 is 1. The summed E-state index contributed by atoms with van der Waals surface area (Å²) in [6.07, 6.45) is 1.96. The number of rotatable bonds is 3. The molecular formula is C13H17N3O4. The van der Waals surface area contributed by atoms with Crippen molar-refractivity contribution in [3.05, 3.63) is 28.4 Å². The molecule has 1 aliphatic rings. The normalized spacial score (nSPS) is 22.4. The molecule has 0 spiro atoms. The summed E-state index contributed by atoms with van der Waals surface area (Å²) < 4.78 is 4.80. The predicted octanol–water partition coefficient (Wildman–Crippen LogP) is 1.63. The zero-order valence-corrected chi connectivity index (χ0v) is 11.5. The van der Waals surface area contributed by atoms with Gasteiger partial charge in [-0.05, 0) is 18.4 Å². The molecule has 2 atom stereocenters. The van der Waals surface area contributed by atoms with E-state index in [1.54, 1.807) is 6.07 Å². The van der Waals surface area contributed by atoms with Crippen LogP contribution in [0.3, 0.4) is 0 Å². The Hall–Kier alpha value is -2.18. The van der Waals surface area contributed by atoms with Crippen LogP contribution in [0.25, 0.3) is 0 Å². The van der Waals surface area contributed by atoms with E-state index >= 15 is 0 Å². The van der Waals surface area contributed by atoms with Gasteiger partial charge in [0.1, 0.15) is 12.0 Å². The Labute approximate surface area is 116 Å². The number of aromatic nitrogens is 1. The average molecular weight is 279 g/mol. The van der Waals surface area contributed by atoms with Gasteiger partial charge in [-0.1, -0.05) is 6.92 Å². The fourth-order valence-corrected chi connectivity index (χ4v) is 2.53. The Bertz CT molecular complexity index is 503. The summed E-state index contributed by atoms with van der Waals surface area (Å²) in [5.41, 5.74) is -0.0220. The second-order valence-electron chi connectivity index (χ2n) is 4.97. The molecule has 1 aromatic heterocycles. The fraction of sp³-hybridized carbons (Fsp3) is 0.538. The molecule has 1 saturated heterocycles. The van der Waals surface area contributed by atoms with Gasteiger partial charge in [-0.15, -0.1) is 0 Å². The molecule has 20 heavy (non-hydrogen) atoms. The number of anilines is 1. The number of nitro groups is 1. The van der Waals surface area contributed by atoms with Crippen molar-refractivity contribution in [2.45, 2.75) is 13.3 Å². The Morgan fingerprint density at radius 1 is 1.55 bits per heavy atom. The van der Waals surface area contributed by atoms with E-state index in [0.717, 1.165) is 0 Å². The molecule has 2 unspecified atom stereocenters. The number of pyridine rings is 1. The minimum atomic E-state index is -0.469. The number of piperidine rings is 1. The summed E-state index contributed by atoms with van der Waals surface area (Å²) in [6, 6.07) is 3.09. The van der Waals surface area contributed by atoms with Gasteiger partial charge in [0.15, 0.2) is 0 Å². The van der Waals surface area contributed by atoms with Crippen molar-refractivity contribution >= 4 is 17.5 Å². The van der Waals surface area contributed by atoms with E-state index in [-0.39, 0.29) is 23.5 Å². The van der Waals surface area contributed by atoms with E-state index in [4.69, 9.17) is 4.74 Å². The van der Waals surface area contributed by atoms with E-state index < -0.39 is 4.92 Å². The Balaban J connectivity index is 2.05. The number of nitrogens with zero attached hydrogens (tertiary/aromatic N) is 3. The lowest BCUT2D eigenvalue weighted by atomic mass is 9.87. The minimum Gasteiger partial charge on any atom is -0.469 e. The fourth-order valence-electron chi connectivity index (χ4n) is 2.53. The summed E-state index contributed by atoms with van der Waals surface area (Å²) in [6.45, 7) is 3.37. The third-order valence-corrected chi connectivity index (χ3v) is 3.68. The number of ether oxygens (including phenoxy) is 1. The first-order valence-electron chi connectivity index (χ1n) is 6.46. The van der Waals surface area contributed by atoms with Crippen molar-refractivity contribution in [2.24, 2.45) is 11.8 Å². The van der Waals surface area contributed by atoms with Gasteiger partial charge >= 0.3 is 5.97 Å². The second kappa shape index (κ2) is 5.85.